The monoisotopic (exact) mass is 385 g/mol. The van der Waals surface area contributed by atoms with E-state index in [9.17, 15) is 14.7 Å². The van der Waals surface area contributed by atoms with Crippen molar-refractivity contribution in [3.05, 3.63) is 29.8 Å². The molecular weight excluding hydrogens is 362 g/mol. The number of benzene rings is 1. The summed E-state index contributed by atoms with van der Waals surface area (Å²) in [6.07, 6.45) is 0.528. The topological polar surface area (TPSA) is 72.9 Å². The van der Waals surface area contributed by atoms with Crippen molar-refractivity contribution in [1.82, 2.24) is 15.1 Å². The first-order chi connectivity index (χ1) is 11.6. The average Bonchev–Trinajstić information content (AvgIpc) is 2.62. The Hall–Kier alpha value is -1.44. The molecule has 0 aromatic heterocycles. The minimum atomic E-state index is -0.175. The largest absolute Gasteiger partial charge is 0.507 e. The number of hydrogen-bond donors (Lipinski definition) is 2. The van der Waals surface area contributed by atoms with Gasteiger partial charge in [0.15, 0.2) is 0 Å². The fourth-order valence-electron chi connectivity index (χ4n) is 3.07. The molecule has 0 spiro atoms. The maximum Gasteiger partial charge on any atom is 0.257 e. The summed E-state index contributed by atoms with van der Waals surface area (Å²) >= 11 is 1.89. The second-order valence-corrected chi connectivity index (χ2v) is 7.27. The van der Waals surface area contributed by atoms with Crippen molar-refractivity contribution >= 4 is 36.0 Å². The van der Waals surface area contributed by atoms with Gasteiger partial charge in [0.2, 0.25) is 5.91 Å². The SMILES string of the molecule is Cl.O=C(CC1CSCCN1)N1CCN(C(=O)c2ccccc2O)CC1. The number of amides is 2. The van der Waals surface area contributed by atoms with Gasteiger partial charge in [0, 0.05) is 56.7 Å². The van der Waals surface area contributed by atoms with E-state index in [1.807, 2.05) is 16.7 Å². The molecular formula is C17H24ClN3O3S. The summed E-state index contributed by atoms with van der Waals surface area (Å²) in [5.74, 6) is 2.08. The first kappa shape index (κ1) is 19.9. The highest BCUT2D eigenvalue weighted by molar-refractivity contribution is 7.99. The number of nitrogens with one attached hydrogen (secondary N) is 1. The molecule has 0 aliphatic carbocycles. The van der Waals surface area contributed by atoms with Crippen LogP contribution in [0.15, 0.2) is 24.3 Å². The molecule has 2 N–H and O–H groups in total. The van der Waals surface area contributed by atoms with E-state index >= 15 is 0 Å². The van der Waals surface area contributed by atoms with Gasteiger partial charge in [-0.15, -0.1) is 12.4 Å². The summed E-state index contributed by atoms with van der Waals surface area (Å²) < 4.78 is 0. The Kier molecular flexibility index (Phi) is 7.40. The molecule has 2 fully saturated rings. The van der Waals surface area contributed by atoms with Gasteiger partial charge in [0.1, 0.15) is 5.75 Å². The van der Waals surface area contributed by atoms with Gasteiger partial charge in [0.05, 0.1) is 5.56 Å². The number of para-hydroxylation sites is 1. The van der Waals surface area contributed by atoms with E-state index in [0.29, 0.717) is 38.2 Å². The number of piperazine rings is 1. The van der Waals surface area contributed by atoms with E-state index < -0.39 is 0 Å². The van der Waals surface area contributed by atoms with Gasteiger partial charge in [0.25, 0.3) is 5.91 Å². The van der Waals surface area contributed by atoms with Gasteiger partial charge >= 0.3 is 0 Å². The summed E-state index contributed by atoms with van der Waals surface area (Å²) in [7, 11) is 0. The first-order valence-corrected chi connectivity index (χ1v) is 9.47. The van der Waals surface area contributed by atoms with Gasteiger partial charge in [-0.05, 0) is 12.1 Å². The van der Waals surface area contributed by atoms with Crippen LogP contribution in [0.2, 0.25) is 0 Å². The molecule has 2 aliphatic rings. The average molecular weight is 386 g/mol. The molecule has 138 valence electrons. The molecule has 1 aromatic carbocycles. The molecule has 2 heterocycles. The maximum atomic E-state index is 12.5. The molecule has 3 rings (SSSR count). The molecule has 1 aromatic rings. The molecule has 2 aliphatic heterocycles. The smallest absolute Gasteiger partial charge is 0.257 e. The first-order valence-electron chi connectivity index (χ1n) is 8.31. The lowest BCUT2D eigenvalue weighted by Gasteiger charge is -2.36. The third kappa shape index (κ3) is 5.03. The zero-order valence-electron chi connectivity index (χ0n) is 14.0. The Morgan fingerprint density at radius 3 is 2.48 bits per heavy atom. The summed E-state index contributed by atoms with van der Waals surface area (Å²) in [5.41, 5.74) is 0.320. The number of carbonyl (C=O) groups excluding carboxylic acids is 2. The van der Waals surface area contributed by atoms with Crippen LogP contribution in [0.4, 0.5) is 0 Å². The van der Waals surface area contributed by atoms with Crippen LogP contribution in [-0.2, 0) is 4.79 Å². The number of nitrogens with zero attached hydrogens (tertiary/aromatic N) is 2. The second-order valence-electron chi connectivity index (χ2n) is 6.12. The zero-order valence-corrected chi connectivity index (χ0v) is 15.7. The van der Waals surface area contributed by atoms with Crippen LogP contribution >= 0.6 is 24.2 Å². The fraction of sp³-hybridized carbons (Fsp3) is 0.529. The maximum absolute atomic E-state index is 12.5. The number of aromatic hydroxyl groups is 1. The highest BCUT2D eigenvalue weighted by Crippen LogP contribution is 2.19. The Morgan fingerprint density at radius 1 is 1.16 bits per heavy atom. The van der Waals surface area contributed by atoms with E-state index in [-0.39, 0.29) is 36.0 Å². The van der Waals surface area contributed by atoms with Gasteiger partial charge < -0.3 is 20.2 Å². The molecule has 1 atom stereocenters. The summed E-state index contributed by atoms with van der Waals surface area (Å²) in [6, 6.07) is 6.84. The molecule has 0 saturated carbocycles. The number of hydrogen-bond acceptors (Lipinski definition) is 5. The summed E-state index contributed by atoms with van der Waals surface area (Å²) in [5, 5.41) is 13.2. The summed E-state index contributed by atoms with van der Waals surface area (Å²) in [6.45, 7) is 3.08. The van der Waals surface area contributed by atoms with Gasteiger partial charge in [-0.3, -0.25) is 9.59 Å². The Balaban J connectivity index is 0.00000225. The van der Waals surface area contributed by atoms with Gasteiger partial charge in [-0.25, -0.2) is 0 Å². The molecule has 0 bridgehead atoms. The van der Waals surface area contributed by atoms with Crippen LogP contribution in [0.1, 0.15) is 16.8 Å². The van der Waals surface area contributed by atoms with Crippen LogP contribution in [-0.4, -0.2) is 77.0 Å². The Labute approximate surface area is 158 Å². The molecule has 1 unspecified atom stereocenters. The van der Waals surface area contributed by atoms with Crippen molar-refractivity contribution in [2.45, 2.75) is 12.5 Å². The van der Waals surface area contributed by atoms with Crippen molar-refractivity contribution in [2.75, 3.05) is 44.2 Å². The number of halogens is 1. The normalized spacial score (nSPS) is 20.7. The summed E-state index contributed by atoms with van der Waals surface area (Å²) in [4.78, 5) is 28.4. The fourth-order valence-corrected chi connectivity index (χ4v) is 4.02. The van der Waals surface area contributed by atoms with Crippen molar-refractivity contribution in [2.24, 2.45) is 0 Å². The van der Waals surface area contributed by atoms with Crippen LogP contribution in [0.25, 0.3) is 0 Å². The Bertz CT molecular complexity index is 603. The Morgan fingerprint density at radius 2 is 1.84 bits per heavy atom. The van der Waals surface area contributed by atoms with E-state index in [4.69, 9.17) is 0 Å². The lowest BCUT2D eigenvalue weighted by molar-refractivity contribution is -0.133. The van der Waals surface area contributed by atoms with E-state index in [0.717, 1.165) is 18.1 Å². The minimum absolute atomic E-state index is 0. The standard InChI is InChI=1S/C17H23N3O3S.ClH/c21-15-4-2-1-3-14(15)17(23)20-8-6-19(7-9-20)16(22)11-13-12-24-10-5-18-13;/h1-4,13,18,21H,5-12H2;1H. The van der Waals surface area contributed by atoms with Crippen LogP contribution in [0, 0.1) is 0 Å². The lowest BCUT2D eigenvalue weighted by Crippen LogP contribution is -2.52. The zero-order chi connectivity index (χ0) is 16.9. The van der Waals surface area contributed by atoms with Crippen molar-refractivity contribution in [3.8, 4) is 5.75 Å². The number of thioether (sulfide) groups is 1. The van der Waals surface area contributed by atoms with Crippen LogP contribution < -0.4 is 5.32 Å². The molecule has 0 radical (unpaired) electrons. The molecule has 2 amide bonds. The second kappa shape index (κ2) is 9.31. The lowest BCUT2D eigenvalue weighted by atomic mass is 10.1. The van der Waals surface area contributed by atoms with E-state index in [1.165, 1.54) is 6.07 Å². The minimum Gasteiger partial charge on any atom is -0.507 e. The number of rotatable bonds is 3. The molecule has 2 saturated heterocycles. The molecule has 6 nitrogen and oxygen atoms in total. The van der Waals surface area contributed by atoms with Gasteiger partial charge in [-0.1, -0.05) is 12.1 Å². The van der Waals surface area contributed by atoms with Crippen LogP contribution in [0.5, 0.6) is 5.75 Å². The van der Waals surface area contributed by atoms with Crippen molar-refractivity contribution < 1.29 is 14.7 Å². The highest BCUT2D eigenvalue weighted by atomic mass is 35.5. The number of phenols is 1. The van der Waals surface area contributed by atoms with E-state index in [2.05, 4.69) is 5.32 Å². The third-order valence-corrected chi connectivity index (χ3v) is 5.60. The predicted octanol–water partition coefficient (Wildman–Crippen LogP) is 1.19. The van der Waals surface area contributed by atoms with E-state index in [1.54, 1.807) is 23.1 Å². The molecule has 8 heteroatoms. The van der Waals surface area contributed by atoms with Gasteiger partial charge in [-0.2, -0.15) is 11.8 Å². The molecule has 25 heavy (non-hydrogen) atoms. The third-order valence-electron chi connectivity index (χ3n) is 4.47. The quantitative estimate of drug-likeness (QED) is 0.817. The van der Waals surface area contributed by atoms with Crippen LogP contribution in [0.3, 0.4) is 0 Å². The van der Waals surface area contributed by atoms with Crippen molar-refractivity contribution in [1.29, 1.82) is 0 Å². The predicted molar refractivity (Wildman–Crippen MR) is 102 cm³/mol. The number of carbonyl (C=O) groups is 2. The highest BCUT2D eigenvalue weighted by Gasteiger charge is 2.27. The number of phenolic OH excluding ortho intramolecular Hbond substituents is 1. The van der Waals surface area contributed by atoms with Crippen molar-refractivity contribution in [3.63, 3.8) is 0 Å².